The molecule has 2 N–H and O–H groups in total. The Labute approximate surface area is 202 Å². The highest BCUT2D eigenvalue weighted by Gasteiger charge is 2.26. The summed E-state index contributed by atoms with van der Waals surface area (Å²) < 4.78 is 18.7. The topological polar surface area (TPSA) is 84.1 Å². The molecule has 0 fully saturated rings. The van der Waals surface area contributed by atoms with Crippen molar-refractivity contribution in [2.75, 3.05) is 11.9 Å². The predicted molar refractivity (Wildman–Crippen MR) is 131 cm³/mol. The van der Waals surface area contributed by atoms with Gasteiger partial charge in [-0.1, -0.05) is 36.4 Å². The summed E-state index contributed by atoms with van der Waals surface area (Å²) in [7, 11) is 0. The van der Waals surface area contributed by atoms with Crippen LogP contribution in [0.4, 0.5) is 10.2 Å². The Kier molecular flexibility index (Phi) is 6.39. The van der Waals surface area contributed by atoms with E-state index in [9.17, 15) is 14.0 Å². The first-order valence-electron chi connectivity index (χ1n) is 11.5. The van der Waals surface area contributed by atoms with E-state index in [1.165, 1.54) is 18.2 Å². The SMILES string of the molecule is O=C(COc1cccc(F)c1)Nc1cc(-c2[nH]c3c(c2Cc2ccccc2)C(=O)CCC3)ccn1. The van der Waals surface area contributed by atoms with E-state index in [4.69, 9.17) is 4.74 Å². The number of fused-ring (bicyclic) bond motifs is 1. The molecule has 6 nitrogen and oxygen atoms in total. The van der Waals surface area contributed by atoms with Gasteiger partial charge in [0.15, 0.2) is 12.4 Å². The first-order chi connectivity index (χ1) is 17.1. The second-order valence-electron chi connectivity index (χ2n) is 8.50. The number of ether oxygens (including phenoxy) is 1. The van der Waals surface area contributed by atoms with Crippen molar-refractivity contribution in [3.05, 3.63) is 101 Å². The number of carbonyl (C=O) groups excluding carboxylic acids is 2. The van der Waals surface area contributed by atoms with E-state index in [0.717, 1.165) is 46.5 Å². The third-order valence-electron chi connectivity index (χ3n) is 6.00. The van der Waals surface area contributed by atoms with Gasteiger partial charge in [0.05, 0.1) is 5.69 Å². The average molecular weight is 470 g/mol. The number of nitrogens with zero attached hydrogens (tertiary/aromatic N) is 1. The van der Waals surface area contributed by atoms with Crippen LogP contribution < -0.4 is 10.1 Å². The van der Waals surface area contributed by atoms with Gasteiger partial charge in [0, 0.05) is 41.9 Å². The van der Waals surface area contributed by atoms with E-state index in [1.54, 1.807) is 18.3 Å². The molecule has 2 aromatic carbocycles. The number of pyridine rings is 1. The average Bonchev–Trinajstić information content (AvgIpc) is 3.23. The van der Waals surface area contributed by atoms with E-state index in [-0.39, 0.29) is 18.1 Å². The number of ketones is 1. The molecule has 0 bridgehead atoms. The number of hydrogen-bond acceptors (Lipinski definition) is 4. The number of benzene rings is 2. The summed E-state index contributed by atoms with van der Waals surface area (Å²) in [5, 5.41) is 2.73. The number of anilines is 1. The number of Topliss-reactive ketones (excluding diaryl/α,β-unsaturated/α-hetero) is 1. The van der Waals surface area contributed by atoms with Gasteiger partial charge in [-0.2, -0.15) is 0 Å². The van der Waals surface area contributed by atoms with Gasteiger partial charge in [-0.15, -0.1) is 0 Å². The molecule has 1 amide bonds. The van der Waals surface area contributed by atoms with Gasteiger partial charge in [-0.25, -0.2) is 9.37 Å². The molecular weight excluding hydrogens is 445 g/mol. The summed E-state index contributed by atoms with van der Waals surface area (Å²) in [5.41, 5.74) is 5.53. The number of aryl methyl sites for hydroxylation is 1. The highest BCUT2D eigenvalue weighted by atomic mass is 19.1. The molecule has 7 heteroatoms. The molecule has 0 radical (unpaired) electrons. The minimum absolute atomic E-state index is 0.164. The minimum Gasteiger partial charge on any atom is -0.484 e. The molecule has 2 heterocycles. The normalized spacial score (nSPS) is 12.8. The molecule has 0 aliphatic heterocycles. The van der Waals surface area contributed by atoms with Gasteiger partial charge in [0.25, 0.3) is 5.91 Å². The van der Waals surface area contributed by atoms with Gasteiger partial charge in [0.1, 0.15) is 17.4 Å². The Morgan fingerprint density at radius 2 is 1.91 bits per heavy atom. The fraction of sp³-hybridized carbons (Fsp3) is 0.179. The summed E-state index contributed by atoms with van der Waals surface area (Å²) in [6, 6.07) is 19.3. The molecule has 4 aromatic rings. The van der Waals surface area contributed by atoms with Crippen molar-refractivity contribution >= 4 is 17.5 Å². The Bertz CT molecular complexity index is 1380. The van der Waals surface area contributed by atoms with Crippen LogP contribution in [0.2, 0.25) is 0 Å². The lowest BCUT2D eigenvalue weighted by molar-refractivity contribution is -0.118. The van der Waals surface area contributed by atoms with Crippen LogP contribution in [0, 0.1) is 5.82 Å². The van der Waals surface area contributed by atoms with Crippen LogP contribution in [0.1, 0.15) is 40.0 Å². The molecule has 5 rings (SSSR count). The third-order valence-corrected chi connectivity index (χ3v) is 6.00. The number of hydrogen-bond donors (Lipinski definition) is 2. The fourth-order valence-corrected chi connectivity index (χ4v) is 4.43. The van der Waals surface area contributed by atoms with Crippen molar-refractivity contribution in [1.82, 2.24) is 9.97 Å². The lowest BCUT2D eigenvalue weighted by Crippen LogP contribution is -2.20. The first-order valence-corrected chi connectivity index (χ1v) is 11.5. The minimum atomic E-state index is -0.435. The fourth-order valence-electron chi connectivity index (χ4n) is 4.43. The van der Waals surface area contributed by atoms with Crippen LogP contribution in [0.25, 0.3) is 11.3 Å². The van der Waals surface area contributed by atoms with E-state index in [1.807, 2.05) is 36.4 Å². The van der Waals surface area contributed by atoms with Crippen molar-refractivity contribution in [2.45, 2.75) is 25.7 Å². The molecule has 0 spiro atoms. The quantitative estimate of drug-likeness (QED) is 0.383. The third kappa shape index (κ3) is 5.14. The second-order valence-corrected chi connectivity index (χ2v) is 8.50. The molecule has 1 aliphatic carbocycles. The number of H-pyrrole nitrogens is 1. The number of amides is 1. The van der Waals surface area contributed by atoms with Gasteiger partial charge in [0.2, 0.25) is 0 Å². The Balaban J connectivity index is 1.39. The van der Waals surface area contributed by atoms with Crippen LogP contribution in [0.5, 0.6) is 5.75 Å². The van der Waals surface area contributed by atoms with Gasteiger partial charge >= 0.3 is 0 Å². The Morgan fingerprint density at radius 3 is 2.74 bits per heavy atom. The molecule has 2 aromatic heterocycles. The van der Waals surface area contributed by atoms with Gasteiger partial charge < -0.3 is 15.0 Å². The van der Waals surface area contributed by atoms with Gasteiger partial charge in [-0.3, -0.25) is 9.59 Å². The number of nitrogens with one attached hydrogen (secondary N) is 2. The van der Waals surface area contributed by atoms with Crippen molar-refractivity contribution in [3.63, 3.8) is 0 Å². The number of aromatic amines is 1. The van der Waals surface area contributed by atoms with Crippen LogP contribution in [0.3, 0.4) is 0 Å². The zero-order valence-electron chi connectivity index (χ0n) is 19.0. The highest BCUT2D eigenvalue weighted by Crippen LogP contribution is 2.35. The monoisotopic (exact) mass is 469 g/mol. The Morgan fingerprint density at radius 1 is 1.06 bits per heavy atom. The van der Waals surface area contributed by atoms with Crippen LogP contribution in [-0.4, -0.2) is 28.3 Å². The predicted octanol–water partition coefficient (Wildman–Crippen LogP) is 5.34. The molecule has 0 saturated carbocycles. The number of halogens is 1. The zero-order valence-corrected chi connectivity index (χ0v) is 19.0. The van der Waals surface area contributed by atoms with Crippen molar-refractivity contribution in [3.8, 4) is 17.0 Å². The maximum Gasteiger partial charge on any atom is 0.263 e. The molecule has 0 unspecified atom stereocenters. The number of carbonyl (C=O) groups is 2. The maximum absolute atomic E-state index is 13.3. The largest absolute Gasteiger partial charge is 0.484 e. The van der Waals surface area contributed by atoms with E-state index < -0.39 is 11.7 Å². The van der Waals surface area contributed by atoms with E-state index in [2.05, 4.69) is 15.3 Å². The molecule has 1 aliphatic rings. The van der Waals surface area contributed by atoms with Gasteiger partial charge in [-0.05, 0) is 48.2 Å². The maximum atomic E-state index is 13.3. The molecule has 0 saturated heterocycles. The Hall–Kier alpha value is -4.26. The standard InChI is InChI=1S/C28H24FN3O3/c29-20-8-4-9-21(16-20)35-17-26(34)32-25-15-19(12-13-30-25)28-22(14-18-6-2-1-3-7-18)27-23(31-28)10-5-11-24(27)33/h1-4,6-9,12-13,15-16,31H,5,10-11,14,17H2,(H,30,32,34). The summed E-state index contributed by atoms with van der Waals surface area (Å²) in [6.45, 7) is -0.278. The van der Waals surface area contributed by atoms with E-state index >= 15 is 0 Å². The summed E-state index contributed by atoms with van der Waals surface area (Å²) in [5.74, 6) is -0.0502. The van der Waals surface area contributed by atoms with Crippen molar-refractivity contribution in [1.29, 1.82) is 0 Å². The van der Waals surface area contributed by atoms with Crippen LogP contribution >= 0.6 is 0 Å². The summed E-state index contributed by atoms with van der Waals surface area (Å²) >= 11 is 0. The lowest BCUT2D eigenvalue weighted by atomic mass is 9.90. The zero-order chi connectivity index (χ0) is 24.2. The number of aromatic nitrogens is 2. The molecular formula is C28H24FN3O3. The summed E-state index contributed by atoms with van der Waals surface area (Å²) in [6.07, 6.45) is 4.45. The molecule has 35 heavy (non-hydrogen) atoms. The highest BCUT2D eigenvalue weighted by molar-refractivity contribution is 6.01. The summed E-state index contributed by atoms with van der Waals surface area (Å²) in [4.78, 5) is 33.0. The molecule has 176 valence electrons. The smallest absolute Gasteiger partial charge is 0.263 e. The van der Waals surface area contributed by atoms with Crippen molar-refractivity contribution < 1.29 is 18.7 Å². The van der Waals surface area contributed by atoms with E-state index in [0.29, 0.717) is 18.7 Å². The van der Waals surface area contributed by atoms with Crippen LogP contribution in [0.15, 0.2) is 72.9 Å². The first kappa shape index (κ1) is 22.5. The second kappa shape index (κ2) is 9.93. The van der Waals surface area contributed by atoms with Crippen LogP contribution in [-0.2, 0) is 17.6 Å². The lowest BCUT2D eigenvalue weighted by Gasteiger charge is -2.12. The molecule has 0 atom stereocenters. The number of rotatable bonds is 7. The van der Waals surface area contributed by atoms with Crippen molar-refractivity contribution in [2.24, 2.45) is 0 Å².